The van der Waals surface area contributed by atoms with E-state index in [-0.39, 0.29) is 5.84 Å². The number of rotatable bonds is 6. The molecule has 0 aromatic heterocycles. The van der Waals surface area contributed by atoms with E-state index in [0.29, 0.717) is 29.5 Å². The third-order valence-corrected chi connectivity index (χ3v) is 3.22. The predicted molar refractivity (Wildman–Crippen MR) is 84.0 cm³/mol. The average Bonchev–Trinajstić information content (AvgIpc) is 2.47. The molecule has 0 aliphatic carbocycles. The standard InChI is InChI=1S/C16H17ClN2O2/c1-20-15-6-5-12(8-14(15)16(18)19)10-21-9-11-3-2-4-13(17)7-11/h2-8H,9-10H2,1H3,(H3,18,19). The molecule has 0 saturated carbocycles. The van der Waals surface area contributed by atoms with E-state index < -0.39 is 0 Å². The first-order chi connectivity index (χ1) is 10.1. The Morgan fingerprint density at radius 3 is 2.48 bits per heavy atom. The second-order valence-corrected chi connectivity index (χ2v) is 5.01. The zero-order chi connectivity index (χ0) is 15.2. The van der Waals surface area contributed by atoms with Crippen molar-refractivity contribution in [2.45, 2.75) is 13.2 Å². The summed E-state index contributed by atoms with van der Waals surface area (Å²) < 4.78 is 10.8. The third kappa shape index (κ3) is 4.21. The monoisotopic (exact) mass is 304 g/mol. The van der Waals surface area contributed by atoms with Crippen LogP contribution in [0.1, 0.15) is 16.7 Å². The van der Waals surface area contributed by atoms with Gasteiger partial charge >= 0.3 is 0 Å². The minimum Gasteiger partial charge on any atom is -0.496 e. The molecule has 2 aromatic rings. The van der Waals surface area contributed by atoms with Crippen LogP contribution in [0.25, 0.3) is 0 Å². The first-order valence-corrected chi connectivity index (χ1v) is 6.81. The maximum absolute atomic E-state index is 7.55. The molecule has 0 heterocycles. The molecule has 5 heteroatoms. The van der Waals surface area contributed by atoms with Gasteiger partial charge in [0.2, 0.25) is 0 Å². The molecule has 0 spiro atoms. The summed E-state index contributed by atoms with van der Waals surface area (Å²) in [6.45, 7) is 0.902. The summed E-state index contributed by atoms with van der Waals surface area (Å²) in [7, 11) is 1.55. The lowest BCUT2D eigenvalue weighted by molar-refractivity contribution is 0.107. The molecule has 2 aromatic carbocycles. The highest BCUT2D eigenvalue weighted by molar-refractivity contribution is 6.30. The molecule has 0 unspecified atom stereocenters. The van der Waals surface area contributed by atoms with Gasteiger partial charge in [0.25, 0.3) is 0 Å². The Bertz CT molecular complexity index is 644. The molecule has 0 aliphatic heterocycles. The summed E-state index contributed by atoms with van der Waals surface area (Å²) in [5, 5.41) is 8.25. The quantitative estimate of drug-likeness (QED) is 0.635. The van der Waals surface area contributed by atoms with Crippen molar-refractivity contribution in [3.63, 3.8) is 0 Å². The topological polar surface area (TPSA) is 68.3 Å². The number of methoxy groups -OCH3 is 1. The van der Waals surface area contributed by atoms with Crippen LogP contribution >= 0.6 is 11.6 Å². The fraction of sp³-hybridized carbons (Fsp3) is 0.188. The summed E-state index contributed by atoms with van der Waals surface area (Å²) >= 11 is 5.92. The van der Waals surface area contributed by atoms with Crippen molar-refractivity contribution in [1.29, 1.82) is 5.41 Å². The zero-order valence-electron chi connectivity index (χ0n) is 11.7. The molecule has 21 heavy (non-hydrogen) atoms. The van der Waals surface area contributed by atoms with E-state index in [1.807, 2.05) is 30.3 Å². The van der Waals surface area contributed by atoms with Crippen LogP contribution in [0.4, 0.5) is 0 Å². The highest BCUT2D eigenvalue weighted by Gasteiger charge is 2.07. The third-order valence-electron chi connectivity index (χ3n) is 2.98. The van der Waals surface area contributed by atoms with Gasteiger partial charge in [0.1, 0.15) is 11.6 Å². The molecule has 4 nitrogen and oxygen atoms in total. The van der Waals surface area contributed by atoms with Crippen LogP contribution in [0.3, 0.4) is 0 Å². The normalized spacial score (nSPS) is 10.4. The maximum atomic E-state index is 7.55. The molecular weight excluding hydrogens is 288 g/mol. The number of nitrogens with two attached hydrogens (primary N) is 1. The predicted octanol–water partition coefficient (Wildman–Crippen LogP) is 3.35. The number of amidine groups is 1. The summed E-state index contributed by atoms with van der Waals surface area (Å²) in [6.07, 6.45) is 0. The van der Waals surface area contributed by atoms with Crippen molar-refractivity contribution in [2.24, 2.45) is 5.73 Å². The number of hydrogen-bond acceptors (Lipinski definition) is 3. The molecular formula is C16H17ClN2O2. The van der Waals surface area contributed by atoms with Gasteiger partial charge in [0.15, 0.2) is 0 Å². The first-order valence-electron chi connectivity index (χ1n) is 6.43. The Balaban J connectivity index is 2.00. The lowest BCUT2D eigenvalue weighted by atomic mass is 10.1. The lowest BCUT2D eigenvalue weighted by Crippen LogP contribution is -2.13. The number of nitrogen functional groups attached to an aromatic ring is 1. The van der Waals surface area contributed by atoms with Crippen LogP contribution < -0.4 is 10.5 Å². The largest absolute Gasteiger partial charge is 0.496 e. The molecule has 0 radical (unpaired) electrons. The smallest absolute Gasteiger partial charge is 0.129 e. The van der Waals surface area contributed by atoms with Gasteiger partial charge in [-0.05, 0) is 35.4 Å². The average molecular weight is 305 g/mol. The van der Waals surface area contributed by atoms with Gasteiger partial charge in [-0.3, -0.25) is 5.41 Å². The Kier molecular flexibility index (Phi) is 5.20. The molecule has 0 aliphatic rings. The minimum atomic E-state index is -0.0245. The van der Waals surface area contributed by atoms with Crippen molar-refractivity contribution < 1.29 is 9.47 Å². The van der Waals surface area contributed by atoms with Crippen LogP contribution in [-0.4, -0.2) is 12.9 Å². The van der Waals surface area contributed by atoms with E-state index in [0.717, 1.165) is 11.1 Å². The maximum Gasteiger partial charge on any atom is 0.129 e. The van der Waals surface area contributed by atoms with Crippen LogP contribution in [0, 0.1) is 5.41 Å². The van der Waals surface area contributed by atoms with Crippen molar-refractivity contribution in [1.82, 2.24) is 0 Å². The molecule has 3 N–H and O–H groups in total. The van der Waals surface area contributed by atoms with Crippen molar-refractivity contribution in [2.75, 3.05) is 7.11 Å². The second kappa shape index (κ2) is 7.11. The highest BCUT2D eigenvalue weighted by atomic mass is 35.5. The van der Waals surface area contributed by atoms with Gasteiger partial charge in [-0.1, -0.05) is 29.8 Å². The summed E-state index contributed by atoms with van der Waals surface area (Å²) in [6, 6.07) is 13.0. The van der Waals surface area contributed by atoms with E-state index in [4.69, 9.17) is 32.2 Å². The fourth-order valence-electron chi connectivity index (χ4n) is 1.97. The van der Waals surface area contributed by atoms with Gasteiger partial charge in [0, 0.05) is 5.02 Å². The van der Waals surface area contributed by atoms with Gasteiger partial charge in [0.05, 0.1) is 25.9 Å². The Morgan fingerprint density at radius 1 is 1.14 bits per heavy atom. The van der Waals surface area contributed by atoms with Crippen LogP contribution in [0.15, 0.2) is 42.5 Å². The summed E-state index contributed by atoms with van der Waals surface area (Å²) in [5.41, 5.74) is 8.06. The summed E-state index contributed by atoms with van der Waals surface area (Å²) in [4.78, 5) is 0. The minimum absolute atomic E-state index is 0.0245. The van der Waals surface area contributed by atoms with Crippen LogP contribution in [0.5, 0.6) is 5.75 Å². The van der Waals surface area contributed by atoms with Crippen LogP contribution in [0.2, 0.25) is 5.02 Å². The van der Waals surface area contributed by atoms with Gasteiger partial charge in [-0.2, -0.15) is 0 Å². The highest BCUT2D eigenvalue weighted by Crippen LogP contribution is 2.20. The second-order valence-electron chi connectivity index (χ2n) is 4.57. The Morgan fingerprint density at radius 2 is 1.86 bits per heavy atom. The van der Waals surface area contributed by atoms with E-state index >= 15 is 0 Å². The number of nitrogens with one attached hydrogen (secondary N) is 1. The fourth-order valence-corrected chi connectivity index (χ4v) is 2.18. The van der Waals surface area contributed by atoms with E-state index in [9.17, 15) is 0 Å². The van der Waals surface area contributed by atoms with E-state index in [1.54, 1.807) is 19.2 Å². The molecule has 0 amide bonds. The van der Waals surface area contributed by atoms with Gasteiger partial charge in [-0.15, -0.1) is 0 Å². The molecule has 110 valence electrons. The molecule has 0 atom stereocenters. The lowest BCUT2D eigenvalue weighted by Gasteiger charge is -2.10. The van der Waals surface area contributed by atoms with Crippen molar-refractivity contribution in [3.8, 4) is 5.75 Å². The molecule has 2 rings (SSSR count). The Hall–Kier alpha value is -2.04. The van der Waals surface area contributed by atoms with Crippen molar-refractivity contribution >= 4 is 17.4 Å². The van der Waals surface area contributed by atoms with Crippen molar-refractivity contribution in [3.05, 3.63) is 64.2 Å². The molecule has 0 fully saturated rings. The number of hydrogen-bond donors (Lipinski definition) is 2. The van der Waals surface area contributed by atoms with Gasteiger partial charge < -0.3 is 15.2 Å². The number of benzene rings is 2. The zero-order valence-corrected chi connectivity index (χ0v) is 12.5. The van der Waals surface area contributed by atoms with Crippen LogP contribution in [-0.2, 0) is 18.0 Å². The number of ether oxygens (including phenoxy) is 2. The molecule has 0 saturated heterocycles. The Labute approximate surface area is 129 Å². The van der Waals surface area contributed by atoms with E-state index in [1.165, 1.54) is 0 Å². The summed E-state index contributed by atoms with van der Waals surface area (Å²) in [5.74, 6) is 0.560. The molecule has 0 bridgehead atoms. The van der Waals surface area contributed by atoms with E-state index in [2.05, 4.69) is 0 Å². The SMILES string of the molecule is COc1ccc(COCc2cccc(Cl)c2)cc1C(=N)N. The first kappa shape index (κ1) is 15.4. The number of halogens is 1. The van der Waals surface area contributed by atoms with Gasteiger partial charge in [-0.25, -0.2) is 0 Å².